The molecule has 0 saturated carbocycles. The molecule has 0 bridgehead atoms. The minimum Gasteiger partial charge on any atom is -0.497 e. The van der Waals surface area contributed by atoms with Crippen molar-refractivity contribution in [2.45, 2.75) is 18.4 Å². The van der Waals surface area contributed by atoms with Crippen LogP contribution in [0.3, 0.4) is 0 Å². The zero-order chi connectivity index (χ0) is 15.2. The zero-order valence-electron chi connectivity index (χ0n) is 11.4. The molecule has 0 aromatic heterocycles. The fourth-order valence-corrected chi connectivity index (χ4v) is 2.27. The molecular formula is C16H15ClF2O2. The second-order valence-corrected chi connectivity index (χ2v) is 4.99. The molecule has 5 heteroatoms. The van der Waals surface area contributed by atoms with Crippen LogP contribution in [-0.4, -0.2) is 13.7 Å². The molecule has 0 radical (unpaired) electrons. The molecule has 2 nitrogen and oxygen atoms in total. The Kier molecular flexibility index (Phi) is 5.39. The van der Waals surface area contributed by atoms with Crippen LogP contribution in [0, 0.1) is 0 Å². The predicted molar refractivity (Wildman–Crippen MR) is 78.4 cm³/mol. The maximum Gasteiger partial charge on any atom is 0.387 e. The smallest absolute Gasteiger partial charge is 0.387 e. The third-order valence-corrected chi connectivity index (χ3v) is 3.45. The summed E-state index contributed by atoms with van der Waals surface area (Å²) < 4.78 is 33.5. The highest BCUT2D eigenvalue weighted by molar-refractivity contribution is 6.20. The number of halogens is 3. The number of methoxy groups -OCH3 is 1. The molecule has 0 aliphatic carbocycles. The first-order valence-corrected chi connectivity index (χ1v) is 6.84. The molecule has 1 unspecified atom stereocenters. The average molecular weight is 313 g/mol. The van der Waals surface area contributed by atoms with Crippen molar-refractivity contribution >= 4 is 11.6 Å². The van der Waals surface area contributed by atoms with Gasteiger partial charge in [0, 0.05) is 0 Å². The van der Waals surface area contributed by atoms with Crippen molar-refractivity contribution in [2.24, 2.45) is 0 Å². The van der Waals surface area contributed by atoms with E-state index in [4.69, 9.17) is 16.3 Å². The standard InChI is InChI=1S/C16H15ClF2O2/c1-20-13-6-2-11(3-7-13)10-15(17)12-4-8-14(9-5-12)21-16(18)19/h2-9,15-16H,10H2,1H3. The lowest BCUT2D eigenvalue weighted by Crippen LogP contribution is -2.02. The second-order valence-electron chi connectivity index (χ2n) is 4.47. The van der Waals surface area contributed by atoms with E-state index in [9.17, 15) is 8.78 Å². The monoisotopic (exact) mass is 312 g/mol. The van der Waals surface area contributed by atoms with E-state index in [-0.39, 0.29) is 11.1 Å². The SMILES string of the molecule is COc1ccc(CC(Cl)c2ccc(OC(F)F)cc2)cc1. The van der Waals surface area contributed by atoms with Gasteiger partial charge >= 0.3 is 6.61 Å². The van der Waals surface area contributed by atoms with Crippen LogP contribution in [0.2, 0.25) is 0 Å². The molecule has 0 fully saturated rings. The summed E-state index contributed by atoms with van der Waals surface area (Å²) in [4.78, 5) is 0. The van der Waals surface area contributed by atoms with Gasteiger partial charge in [0.1, 0.15) is 11.5 Å². The van der Waals surface area contributed by atoms with Crippen molar-refractivity contribution in [3.05, 3.63) is 59.7 Å². The Hall–Kier alpha value is -1.81. The predicted octanol–water partition coefficient (Wildman–Crippen LogP) is 4.82. The van der Waals surface area contributed by atoms with E-state index in [0.29, 0.717) is 6.42 Å². The molecular weight excluding hydrogens is 298 g/mol. The van der Waals surface area contributed by atoms with Gasteiger partial charge in [0.05, 0.1) is 12.5 Å². The van der Waals surface area contributed by atoms with Crippen molar-refractivity contribution in [1.82, 2.24) is 0 Å². The molecule has 0 heterocycles. The van der Waals surface area contributed by atoms with Crippen LogP contribution in [-0.2, 0) is 6.42 Å². The van der Waals surface area contributed by atoms with Gasteiger partial charge in [0.15, 0.2) is 0 Å². The summed E-state index contributed by atoms with van der Waals surface area (Å²) >= 11 is 6.35. The quantitative estimate of drug-likeness (QED) is 0.712. The van der Waals surface area contributed by atoms with Crippen molar-refractivity contribution in [3.63, 3.8) is 0 Å². The summed E-state index contributed by atoms with van der Waals surface area (Å²) in [5.74, 6) is 0.917. The van der Waals surface area contributed by atoms with Gasteiger partial charge in [-0.05, 0) is 41.8 Å². The Labute approximate surface area is 127 Å². The molecule has 0 aliphatic rings. The molecule has 0 amide bonds. The van der Waals surface area contributed by atoms with Crippen LogP contribution >= 0.6 is 11.6 Å². The number of hydrogen-bond acceptors (Lipinski definition) is 2. The molecule has 0 N–H and O–H groups in total. The van der Waals surface area contributed by atoms with Crippen molar-refractivity contribution in [2.75, 3.05) is 7.11 Å². The highest BCUT2D eigenvalue weighted by Gasteiger charge is 2.10. The average Bonchev–Trinajstić information content (AvgIpc) is 2.48. The van der Waals surface area contributed by atoms with Crippen LogP contribution in [0.25, 0.3) is 0 Å². The van der Waals surface area contributed by atoms with Crippen LogP contribution in [0.4, 0.5) is 8.78 Å². The van der Waals surface area contributed by atoms with Crippen LogP contribution < -0.4 is 9.47 Å². The Morgan fingerprint density at radius 1 is 0.952 bits per heavy atom. The molecule has 2 rings (SSSR count). The first kappa shape index (κ1) is 15.6. The number of ether oxygens (including phenoxy) is 2. The van der Waals surface area contributed by atoms with E-state index in [1.165, 1.54) is 12.1 Å². The Bertz CT molecular complexity index is 555. The minimum absolute atomic E-state index is 0.127. The van der Waals surface area contributed by atoms with E-state index in [1.807, 2.05) is 24.3 Å². The number of hydrogen-bond donors (Lipinski definition) is 0. The number of benzene rings is 2. The summed E-state index contributed by atoms with van der Waals surface area (Å²) in [6, 6.07) is 14.0. The van der Waals surface area contributed by atoms with E-state index in [1.54, 1.807) is 19.2 Å². The van der Waals surface area contributed by atoms with Crippen LogP contribution in [0.5, 0.6) is 11.5 Å². The first-order chi connectivity index (χ1) is 10.1. The summed E-state index contributed by atoms with van der Waals surface area (Å²) in [5.41, 5.74) is 1.93. The zero-order valence-corrected chi connectivity index (χ0v) is 12.2. The lowest BCUT2D eigenvalue weighted by atomic mass is 10.0. The lowest BCUT2D eigenvalue weighted by molar-refractivity contribution is -0.0498. The number of rotatable bonds is 6. The van der Waals surface area contributed by atoms with Gasteiger partial charge in [-0.25, -0.2) is 0 Å². The Morgan fingerprint density at radius 3 is 2.05 bits per heavy atom. The maximum atomic E-state index is 12.1. The molecule has 0 aliphatic heterocycles. The fraction of sp³-hybridized carbons (Fsp3) is 0.250. The van der Waals surface area contributed by atoms with Gasteiger partial charge in [0.25, 0.3) is 0 Å². The summed E-state index contributed by atoms with van der Waals surface area (Å²) in [6.45, 7) is -2.82. The van der Waals surface area contributed by atoms with Gasteiger partial charge in [0.2, 0.25) is 0 Å². The van der Waals surface area contributed by atoms with Crippen molar-refractivity contribution in [3.8, 4) is 11.5 Å². The van der Waals surface area contributed by atoms with Gasteiger partial charge in [-0.1, -0.05) is 24.3 Å². The molecule has 0 spiro atoms. The van der Waals surface area contributed by atoms with E-state index in [0.717, 1.165) is 16.9 Å². The van der Waals surface area contributed by atoms with Gasteiger partial charge in [-0.2, -0.15) is 8.78 Å². The summed E-state index contributed by atoms with van der Waals surface area (Å²) in [7, 11) is 1.61. The number of alkyl halides is 3. The highest BCUT2D eigenvalue weighted by Crippen LogP contribution is 2.27. The Balaban J connectivity index is 2.00. The third kappa shape index (κ3) is 4.60. The van der Waals surface area contributed by atoms with Gasteiger partial charge in [-0.3, -0.25) is 0 Å². The molecule has 2 aromatic rings. The topological polar surface area (TPSA) is 18.5 Å². The molecule has 1 atom stereocenters. The second kappa shape index (κ2) is 7.27. The normalized spacial score (nSPS) is 12.2. The molecule has 0 saturated heterocycles. The summed E-state index contributed by atoms with van der Waals surface area (Å²) in [6.07, 6.45) is 0.639. The van der Waals surface area contributed by atoms with Crippen LogP contribution in [0.15, 0.2) is 48.5 Å². The molecule has 21 heavy (non-hydrogen) atoms. The van der Waals surface area contributed by atoms with Gasteiger partial charge < -0.3 is 9.47 Å². The highest BCUT2D eigenvalue weighted by atomic mass is 35.5. The maximum absolute atomic E-state index is 12.1. The third-order valence-electron chi connectivity index (χ3n) is 3.04. The van der Waals surface area contributed by atoms with Crippen molar-refractivity contribution < 1.29 is 18.3 Å². The van der Waals surface area contributed by atoms with Crippen molar-refractivity contribution in [1.29, 1.82) is 0 Å². The molecule has 2 aromatic carbocycles. The van der Waals surface area contributed by atoms with E-state index >= 15 is 0 Å². The molecule has 112 valence electrons. The first-order valence-electron chi connectivity index (χ1n) is 6.40. The fourth-order valence-electron chi connectivity index (χ4n) is 1.94. The minimum atomic E-state index is -2.82. The van der Waals surface area contributed by atoms with Crippen LogP contribution in [0.1, 0.15) is 16.5 Å². The Morgan fingerprint density at radius 2 is 1.52 bits per heavy atom. The van der Waals surface area contributed by atoms with Gasteiger partial charge in [-0.15, -0.1) is 11.6 Å². The largest absolute Gasteiger partial charge is 0.497 e. The summed E-state index contributed by atoms with van der Waals surface area (Å²) in [5, 5.41) is -0.237. The van der Waals surface area contributed by atoms with E-state index < -0.39 is 6.61 Å². The lowest BCUT2D eigenvalue weighted by Gasteiger charge is -2.11. The van der Waals surface area contributed by atoms with E-state index in [2.05, 4.69) is 4.74 Å².